The summed E-state index contributed by atoms with van der Waals surface area (Å²) in [6.45, 7) is 1.83. The summed E-state index contributed by atoms with van der Waals surface area (Å²) in [6, 6.07) is 8.18. The third kappa shape index (κ3) is 2.76. The van der Waals surface area contributed by atoms with Crippen LogP contribution in [0.1, 0.15) is 18.9 Å². The molecule has 2 rings (SSSR count). The van der Waals surface area contributed by atoms with Crippen LogP contribution in [0.25, 0.3) is 0 Å². The number of hydrogen-bond acceptors (Lipinski definition) is 3. The third-order valence-corrected chi connectivity index (χ3v) is 3.35. The number of hydrogen-bond donors (Lipinski definition) is 2. The minimum atomic E-state index is -0.796. The number of carbonyl (C=O) groups excluding carboxylic acids is 2. The van der Waals surface area contributed by atoms with Gasteiger partial charge >= 0.3 is 0 Å². The van der Waals surface area contributed by atoms with Crippen molar-refractivity contribution in [2.75, 3.05) is 6.61 Å². The van der Waals surface area contributed by atoms with Crippen LogP contribution in [0.4, 0.5) is 0 Å². The van der Waals surface area contributed by atoms with E-state index in [0.29, 0.717) is 13.0 Å². The van der Waals surface area contributed by atoms with Gasteiger partial charge < -0.3 is 15.3 Å². The van der Waals surface area contributed by atoms with Gasteiger partial charge in [-0.2, -0.15) is 0 Å². The third-order valence-electron chi connectivity index (χ3n) is 3.35. The van der Waals surface area contributed by atoms with E-state index in [2.05, 4.69) is 5.32 Å². The van der Waals surface area contributed by atoms with Crippen molar-refractivity contribution in [1.82, 2.24) is 10.2 Å². The van der Waals surface area contributed by atoms with Gasteiger partial charge in [0.15, 0.2) is 0 Å². The van der Waals surface area contributed by atoms with Gasteiger partial charge in [0.25, 0.3) is 0 Å². The Hall–Kier alpha value is -1.88. The molecule has 1 fully saturated rings. The molecule has 5 heteroatoms. The second-order valence-electron chi connectivity index (χ2n) is 4.62. The van der Waals surface area contributed by atoms with Crippen LogP contribution < -0.4 is 5.32 Å². The quantitative estimate of drug-likeness (QED) is 0.819. The number of benzene rings is 1. The van der Waals surface area contributed by atoms with E-state index in [1.54, 1.807) is 0 Å². The summed E-state index contributed by atoms with van der Waals surface area (Å²) in [7, 11) is 0. The van der Waals surface area contributed by atoms with E-state index in [-0.39, 0.29) is 18.4 Å². The number of nitrogens with one attached hydrogen (secondary N) is 1. The highest BCUT2D eigenvalue weighted by Crippen LogP contribution is 2.16. The highest BCUT2D eigenvalue weighted by molar-refractivity contribution is 5.97. The van der Waals surface area contributed by atoms with Crippen molar-refractivity contribution in [3.63, 3.8) is 0 Å². The fourth-order valence-corrected chi connectivity index (χ4v) is 2.25. The van der Waals surface area contributed by atoms with Crippen LogP contribution >= 0.6 is 0 Å². The Morgan fingerprint density at radius 3 is 2.53 bits per heavy atom. The maximum absolute atomic E-state index is 12.3. The normalized spacial score (nSPS) is 23.4. The number of rotatable bonds is 4. The molecule has 0 unspecified atom stereocenters. The lowest BCUT2D eigenvalue weighted by Gasteiger charge is -2.38. The molecule has 0 aromatic heterocycles. The summed E-state index contributed by atoms with van der Waals surface area (Å²) in [5, 5.41) is 12.0. The number of aliphatic hydroxyl groups excluding tert-OH is 1. The first kappa shape index (κ1) is 13.5. The van der Waals surface area contributed by atoms with E-state index < -0.39 is 12.1 Å². The van der Waals surface area contributed by atoms with E-state index in [1.807, 2.05) is 37.3 Å². The lowest BCUT2D eigenvalue weighted by atomic mass is 10.0. The average molecular weight is 262 g/mol. The summed E-state index contributed by atoms with van der Waals surface area (Å²) < 4.78 is 0. The topological polar surface area (TPSA) is 69.6 Å². The molecule has 2 atom stereocenters. The number of amides is 2. The van der Waals surface area contributed by atoms with Gasteiger partial charge in [-0.25, -0.2) is 0 Å². The summed E-state index contributed by atoms with van der Waals surface area (Å²) in [5.74, 6) is -0.421. The molecule has 19 heavy (non-hydrogen) atoms. The zero-order chi connectivity index (χ0) is 13.8. The molecule has 0 bridgehead atoms. The maximum Gasteiger partial charge on any atom is 0.246 e. The van der Waals surface area contributed by atoms with Crippen LogP contribution in [0.2, 0.25) is 0 Å². The molecule has 0 radical (unpaired) electrons. The summed E-state index contributed by atoms with van der Waals surface area (Å²) >= 11 is 0. The molecule has 1 aromatic rings. The lowest BCUT2D eigenvalue weighted by Crippen LogP contribution is -2.63. The Morgan fingerprint density at radius 1 is 1.26 bits per heavy atom. The molecule has 1 heterocycles. The van der Waals surface area contributed by atoms with Crippen LogP contribution in [0.15, 0.2) is 30.3 Å². The minimum absolute atomic E-state index is 0.134. The first-order valence-electron chi connectivity index (χ1n) is 6.43. The van der Waals surface area contributed by atoms with E-state index in [4.69, 9.17) is 0 Å². The highest BCUT2D eigenvalue weighted by Gasteiger charge is 2.39. The zero-order valence-corrected chi connectivity index (χ0v) is 10.9. The average Bonchev–Trinajstić information content (AvgIpc) is 2.44. The van der Waals surface area contributed by atoms with Crippen LogP contribution in [0.3, 0.4) is 0 Å². The molecule has 1 saturated heterocycles. The number of nitrogens with zero attached hydrogens (tertiary/aromatic N) is 1. The maximum atomic E-state index is 12.3. The monoisotopic (exact) mass is 262 g/mol. The smallest absolute Gasteiger partial charge is 0.246 e. The summed E-state index contributed by atoms with van der Waals surface area (Å²) in [5.41, 5.74) is 0.943. The second kappa shape index (κ2) is 5.84. The number of aliphatic hydroxyl groups is 1. The van der Waals surface area contributed by atoms with Gasteiger partial charge in [-0.15, -0.1) is 0 Å². The molecule has 0 spiro atoms. The van der Waals surface area contributed by atoms with Crippen molar-refractivity contribution in [2.24, 2.45) is 0 Å². The second-order valence-corrected chi connectivity index (χ2v) is 4.62. The molecular weight excluding hydrogens is 244 g/mol. The van der Waals surface area contributed by atoms with Crippen molar-refractivity contribution >= 4 is 11.8 Å². The Morgan fingerprint density at radius 2 is 1.95 bits per heavy atom. The molecule has 1 aliphatic rings. The molecule has 102 valence electrons. The molecule has 2 N–H and O–H groups in total. The van der Waals surface area contributed by atoms with Crippen LogP contribution in [-0.2, 0) is 16.1 Å². The lowest BCUT2D eigenvalue weighted by molar-refractivity contribution is -0.151. The van der Waals surface area contributed by atoms with E-state index in [1.165, 1.54) is 4.90 Å². The van der Waals surface area contributed by atoms with Gasteiger partial charge in [0.05, 0.1) is 6.61 Å². The van der Waals surface area contributed by atoms with Crippen molar-refractivity contribution in [3.05, 3.63) is 35.9 Å². The van der Waals surface area contributed by atoms with Crippen LogP contribution in [0.5, 0.6) is 0 Å². The van der Waals surface area contributed by atoms with Crippen molar-refractivity contribution in [1.29, 1.82) is 0 Å². The molecule has 5 nitrogen and oxygen atoms in total. The van der Waals surface area contributed by atoms with Gasteiger partial charge in [-0.3, -0.25) is 9.59 Å². The van der Waals surface area contributed by atoms with Gasteiger partial charge in [0, 0.05) is 6.54 Å². The SMILES string of the molecule is CC[C@H]1NC(=O)[C@@H](CO)N(Cc2ccccc2)C1=O. The molecule has 0 saturated carbocycles. The summed E-state index contributed by atoms with van der Waals surface area (Å²) in [4.78, 5) is 25.6. The molecule has 1 aromatic carbocycles. The first-order valence-corrected chi connectivity index (χ1v) is 6.43. The number of piperazine rings is 1. The Kier molecular flexibility index (Phi) is 4.16. The predicted octanol–water partition coefficient (Wildman–Crippen LogP) is 0.284. The minimum Gasteiger partial charge on any atom is -0.394 e. The van der Waals surface area contributed by atoms with Crippen molar-refractivity contribution in [3.8, 4) is 0 Å². The molecule has 0 aliphatic carbocycles. The van der Waals surface area contributed by atoms with Crippen LogP contribution in [0, 0.1) is 0 Å². The van der Waals surface area contributed by atoms with E-state index in [9.17, 15) is 14.7 Å². The Bertz CT molecular complexity index is 461. The van der Waals surface area contributed by atoms with Gasteiger partial charge in [-0.1, -0.05) is 37.3 Å². The largest absolute Gasteiger partial charge is 0.394 e. The fraction of sp³-hybridized carbons (Fsp3) is 0.429. The van der Waals surface area contributed by atoms with Crippen molar-refractivity contribution in [2.45, 2.75) is 32.0 Å². The summed E-state index contributed by atoms with van der Waals surface area (Å²) in [6.07, 6.45) is 0.550. The zero-order valence-electron chi connectivity index (χ0n) is 10.9. The molecular formula is C14H18N2O3. The van der Waals surface area contributed by atoms with Gasteiger partial charge in [0.2, 0.25) is 11.8 Å². The van der Waals surface area contributed by atoms with E-state index in [0.717, 1.165) is 5.56 Å². The Balaban J connectivity index is 2.22. The molecule has 1 aliphatic heterocycles. The van der Waals surface area contributed by atoms with Gasteiger partial charge in [-0.05, 0) is 12.0 Å². The predicted molar refractivity (Wildman–Crippen MR) is 70.1 cm³/mol. The number of carbonyl (C=O) groups is 2. The molecule has 2 amide bonds. The Labute approximate surface area is 112 Å². The van der Waals surface area contributed by atoms with E-state index >= 15 is 0 Å². The fourth-order valence-electron chi connectivity index (χ4n) is 2.25. The van der Waals surface area contributed by atoms with Crippen molar-refractivity contribution < 1.29 is 14.7 Å². The standard InChI is InChI=1S/C14H18N2O3/c1-2-11-14(19)16(12(9-17)13(18)15-11)8-10-6-4-3-5-7-10/h3-7,11-12,17H,2,8-9H2,1H3,(H,15,18)/t11-,12-/m1/s1. The van der Waals surface area contributed by atoms with Crippen LogP contribution in [-0.4, -0.2) is 40.5 Å². The first-order chi connectivity index (χ1) is 9.17. The highest BCUT2D eigenvalue weighted by atomic mass is 16.3. The van der Waals surface area contributed by atoms with Gasteiger partial charge in [0.1, 0.15) is 12.1 Å².